The number of aromatic nitrogens is 2. The van der Waals surface area contributed by atoms with Gasteiger partial charge >= 0.3 is 0 Å². The summed E-state index contributed by atoms with van der Waals surface area (Å²) in [6.45, 7) is 7.00. The zero-order chi connectivity index (χ0) is 32.2. The molecule has 3 aromatic heterocycles. The van der Waals surface area contributed by atoms with Gasteiger partial charge in [0.2, 0.25) is 0 Å². The van der Waals surface area contributed by atoms with E-state index in [1.165, 1.54) is 47.6 Å². The summed E-state index contributed by atoms with van der Waals surface area (Å²) in [4.78, 5) is 9.18. The van der Waals surface area contributed by atoms with Gasteiger partial charge in [0.1, 0.15) is 5.58 Å². The Hall–Kier alpha value is -4.15. The molecular formula is C43H40IrN2OSi-2. The summed E-state index contributed by atoms with van der Waals surface area (Å²) in [6, 6.07) is 44.3. The molecule has 0 unspecified atom stereocenters. The van der Waals surface area contributed by atoms with Crippen LogP contribution < -0.4 is 5.19 Å². The predicted molar refractivity (Wildman–Crippen MR) is 198 cm³/mol. The van der Waals surface area contributed by atoms with Crippen LogP contribution >= 0.6 is 0 Å². The minimum Gasteiger partial charge on any atom is -0.500 e. The summed E-state index contributed by atoms with van der Waals surface area (Å²) >= 11 is 0. The van der Waals surface area contributed by atoms with E-state index in [4.69, 9.17) is 4.42 Å². The molecule has 0 saturated heterocycles. The van der Waals surface area contributed by atoms with Crippen LogP contribution in [0.2, 0.25) is 19.6 Å². The quantitative estimate of drug-likeness (QED) is 0.124. The van der Waals surface area contributed by atoms with Crippen molar-refractivity contribution in [3.63, 3.8) is 0 Å². The van der Waals surface area contributed by atoms with Crippen molar-refractivity contribution in [2.45, 2.75) is 51.7 Å². The molecule has 243 valence electrons. The van der Waals surface area contributed by atoms with Crippen molar-refractivity contribution in [3.05, 3.63) is 139 Å². The molecule has 1 fully saturated rings. The van der Waals surface area contributed by atoms with Crippen molar-refractivity contribution in [1.82, 2.24) is 9.97 Å². The molecule has 0 aliphatic heterocycles. The fourth-order valence-electron chi connectivity index (χ4n) is 6.52. The second-order valence-electron chi connectivity index (χ2n) is 13.7. The first-order valence-corrected chi connectivity index (χ1v) is 20.2. The second-order valence-corrected chi connectivity index (χ2v) is 18.7. The Morgan fingerprint density at radius 2 is 1.50 bits per heavy atom. The molecule has 1 aliphatic rings. The molecule has 48 heavy (non-hydrogen) atoms. The van der Waals surface area contributed by atoms with E-state index < -0.39 is 8.07 Å². The average molecular weight is 821 g/mol. The summed E-state index contributed by atoms with van der Waals surface area (Å²) < 4.78 is 6.09. The summed E-state index contributed by atoms with van der Waals surface area (Å²) in [6.07, 6.45) is 10.6. The molecule has 8 rings (SSSR count). The molecule has 3 heterocycles. The number of rotatable bonds is 6. The number of pyridine rings is 2. The third-order valence-corrected chi connectivity index (χ3v) is 11.3. The first-order valence-electron chi connectivity index (χ1n) is 16.7. The number of hydrogen-bond donors (Lipinski definition) is 0. The normalized spacial score (nSPS) is 13.2. The van der Waals surface area contributed by atoms with Crippen LogP contribution in [0.3, 0.4) is 0 Å². The van der Waals surface area contributed by atoms with Crippen LogP contribution in [0.1, 0.15) is 31.2 Å². The number of nitrogens with zero attached hydrogens (tertiary/aromatic N) is 2. The number of hydrogen-bond acceptors (Lipinski definition) is 3. The minimum atomic E-state index is -1.23. The molecule has 1 aliphatic carbocycles. The van der Waals surface area contributed by atoms with Gasteiger partial charge in [0, 0.05) is 37.9 Å². The third-order valence-electron chi connectivity index (χ3n) is 9.22. The van der Waals surface area contributed by atoms with Crippen LogP contribution in [0.15, 0.2) is 126 Å². The molecule has 0 N–H and O–H groups in total. The maximum absolute atomic E-state index is 6.09. The zero-order valence-electron chi connectivity index (χ0n) is 27.8. The van der Waals surface area contributed by atoms with E-state index in [1.54, 1.807) is 0 Å². The van der Waals surface area contributed by atoms with E-state index in [1.807, 2.05) is 48.8 Å². The van der Waals surface area contributed by atoms with Gasteiger partial charge in [-0.15, -0.1) is 59.7 Å². The van der Waals surface area contributed by atoms with Gasteiger partial charge in [-0.05, 0) is 58.2 Å². The summed E-state index contributed by atoms with van der Waals surface area (Å²) in [7, 11) is -1.23. The van der Waals surface area contributed by atoms with Crippen molar-refractivity contribution in [2.24, 2.45) is 5.92 Å². The van der Waals surface area contributed by atoms with Gasteiger partial charge < -0.3 is 14.4 Å². The van der Waals surface area contributed by atoms with E-state index in [0.717, 1.165) is 56.8 Å². The SMILES string of the molecule is C[Si](C)(C)c1ccc(-c2[c-]cccc2)nc1.[Ir].[c-]1cc2oc3ccc(-c4ccccc4)cc3c2cc1-c1cc(CC2CCCC2)ccn1. The molecule has 7 aromatic rings. The summed E-state index contributed by atoms with van der Waals surface area (Å²) in [5, 5.41) is 3.64. The minimum absolute atomic E-state index is 0. The maximum atomic E-state index is 6.09. The van der Waals surface area contributed by atoms with Crippen LogP contribution in [-0.2, 0) is 26.5 Å². The number of benzene rings is 4. The van der Waals surface area contributed by atoms with Crippen molar-refractivity contribution in [2.75, 3.05) is 0 Å². The standard InChI is InChI=1S/C29H24NO.C14H16NSi.Ir/c1-2-8-22(9-3-1)23-10-12-28-25(18-23)26-19-24(11-13-29(26)31-28)27-17-21(14-15-30-27)16-20-6-4-5-7-20;1-16(2,3)13-9-10-14(15-11-13)12-7-5-4-6-8-12;/h1-3,8-10,12-15,17-20H,4-7,16H2;4-7,9-11H,1-3H3;/q2*-1;. The Bertz CT molecular complexity index is 2100. The molecule has 4 aromatic carbocycles. The van der Waals surface area contributed by atoms with Crippen LogP contribution in [-0.4, -0.2) is 18.0 Å². The topological polar surface area (TPSA) is 38.9 Å². The zero-order valence-corrected chi connectivity index (χ0v) is 31.2. The van der Waals surface area contributed by atoms with E-state index in [2.05, 4.69) is 115 Å². The average Bonchev–Trinajstić information content (AvgIpc) is 3.76. The van der Waals surface area contributed by atoms with Crippen LogP contribution in [0.4, 0.5) is 0 Å². The Morgan fingerprint density at radius 1 is 0.708 bits per heavy atom. The first-order chi connectivity index (χ1) is 22.9. The molecule has 3 nitrogen and oxygen atoms in total. The van der Waals surface area contributed by atoms with E-state index in [0.29, 0.717) is 0 Å². The molecule has 5 heteroatoms. The molecule has 0 spiro atoms. The van der Waals surface area contributed by atoms with E-state index >= 15 is 0 Å². The van der Waals surface area contributed by atoms with Gasteiger partial charge in [-0.3, -0.25) is 0 Å². The van der Waals surface area contributed by atoms with Crippen LogP contribution in [0.25, 0.3) is 55.6 Å². The smallest absolute Gasteiger partial charge is 0.121 e. The van der Waals surface area contributed by atoms with Crippen LogP contribution in [0.5, 0.6) is 0 Å². The van der Waals surface area contributed by atoms with Gasteiger partial charge in [0.15, 0.2) is 0 Å². The molecular weight excluding hydrogens is 781 g/mol. The Labute approximate surface area is 298 Å². The Kier molecular flexibility index (Phi) is 10.5. The van der Waals surface area contributed by atoms with Gasteiger partial charge in [-0.25, -0.2) is 0 Å². The van der Waals surface area contributed by atoms with Crippen molar-refractivity contribution >= 4 is 35.2 Å². The first kappa shape index (κ1) is 33.7. The largest absolute Gasteiger partial charge is 0.500 e. The van der Waals surface area contributed by atoms with Crippen molar-refractivity contribution in [1.29, 1.82) is 0 Å². The third kappa shape index (κ3) is 7.76. The van der Waals surface area contributed by atoms with Gasteiger partial charge in [0.05, 0.1) is 13.7 Å². The van der Waals surface area contributed by atoms with E-state index in [-0.39, 0.29) is 20.1 Å². The van der Waals surface area contributed by atoms with Gasteiger partial charge in [0.25, 0.3) is 0 Å². The summed E-state index contributed by atoms with van der Waals surface area (Å²) in [5.74, 6) is 0.830. The number of fused-ring (bicyclic) bond motifs is 3. The van der Waals surface area contributed by atoms with Gasteiger partial charge in [-0.2, -0.15) is 0 Å². The van der Waals surface area contributed by atoms with Crippen molar-refractivity contribution < 1.29 is 24.5 Å². The Balaban J connectivity index is 0.000000201. The van der Waals surface area contributed by atoms with Crippen molar-refractivity contribution in [3.8, 4) is 33.6 Å². The molecule has 0 amide bonds. The van der Waals surface area contributed by atoms with E-state index in [9.17, 15) is 0 Å². The molecule has 1 radical (unpaired) electrons. The second kappa shape index (κ2) is 14.9. The Morgan fingerprint density at radius 3 is 2.23 bits per heavy atom. The predicted octanol–water partition coefficient (Wildman–Crippen LogP) is 10.9. The van der Waals surface area contributed by atoms with Crippen LogP contribution in [0, 0.1) is 18.1 Å². The molecule has 1 saturated carbocycles. The fraction of sp³-hybridized carbons (Fsp3) is 0.209. The molecule has 0 atom stereocenters. The monoisotopic (exact) mass is 821 g/mol. The fourth-order valence-corrected chi connectivity index (χ4v) is 7.56. The maximum Gasteiger partial charge on any atom is 0.121 e. The summed E-state index contributed by atoms with van der Waals surface area (Å²) in [5.41, 5.74) is 9.64. The molecule has 0 bridgehead atoms. The van der Waals surface area contributed by atoms with Gasteiger partial charge in [-0.1, -0.05) is 111 Å². The number of furan rings is 1.